The number of thiazole rings is 1. The van der Waals surface area contributed by atoms with E-state index >= 15 is 0 Å². The highest BCUT2D eigenvalue weighted by atomic mass is 32.1. The van der Waals surface area contributed by atoms with Crippen molar-refractivity contribution in [2.45, 2.75) is 13.8 Å². The summed E-state index contributed by atoms with van der Waals surface area (Å²) < 4.78 is 14.9. The number of anilines is 1. The SMILES string of the molecule is Cc1ccc(-c2csc(-c3nnn(-c4cccc(F)c4)c3N)n2)c(C)c1. The molecule has 4 rings (SSSR count). The molecule has 2 aromatic heterocycles. The van der Waals surface area contributed by atoms with Gasteiger partial charge in [0.2, 0.25) is 0 Å². The van der Waals surface area contributed by atoms with Crippen LogP contribution in [0.2, 0.25) is 0 Å². The summed E-state index contributed by atoms with van der Waals surface area (Å²) in [6, 6.07) is 12.3. The molecule has 0 atom stereocenters. The lowest BCUT2D eigenvalue weighted by Gasteiger charge is -2.03. The van der Waals surface area contributed by atoms with E-state index in [0.29, 0.717) is 22.2 Å². The molecule has 0 aliphatic heterocycles. The number of hydrogen-bond acceptors (Lipinski definition) is 5. The van der Waals surface area contributed by atoms with Gasteiger partial charge in [0.15, 0.2) is 11.5 Å². The van der Waals surface area contributed by atoms with Crippen molar-refractivity contribution in [2.24, 2.45) is 0 Å². The third-order valence-corrected chi connectivity index (χ3v) is 4.97. The first-order valence-electron chi connectivity index (χ1n) is 8.03. The first-order chi connectivity index (χ1) is 12.5. The molecule has 0 spiro atoms. The lowest BCUT2D eigenvalue weighted by atomic mass is 10.0. The van der Waals surface area contributed by atoms with Gasteiger partial charge in [-0.05, 0) is 37.6 Å². The Balaban J connectivity index is 1.73. The topological polar surface area (TPSA) is 69.6 Å². The number of hydrogen-bond donors (Lipinski definition) is 1. The molecule has 4 aromatic rings. The summed E-state index contributed by atoms with van der Waals surface area (Å²) in [7, 11) is 0. The van der Waals surface area contributed by atoms with Crippen molar-refractivity contribution in [3.8, 4) is 27.6 Å². The third kappa shape index (κ3) is 2.86. The molecule has 0 radical (unpaired) electrons. The smallest absolute Gasteiger partial charge is 0.165 e. The minimum atomic E-state index is -0.356. The molecular formula is C19H16FN5S. The molecule has 2 N–H and O–H groups in total. The van der Waals surface area contributed by atoms with Crippen LogP contribution in [0.4, 0.5) is 10.2 Å². The fourth-order valence-electron chi connectivity index (χ4n) is 2.85. The van der Waals surface area contributed by atoms with E-state index < -0.39 is 0 Å². The van der Waals surface area contributed by atoms with Crippen LogP contribution in [0.5, 0.6) is 0 Å². The van der Waals surface area contributed by atoms with E-state index in [1.54, 1.807) is 12.1 Å². The molecule has 0 fully saturated rings. The first-order valence-corrected chi connectivity index (χ1v) is 8.91. The van der Waals surface area contributed by atoms with Gasteiger partial charge in [0.05, 0.1) is 11.4 Å². The van der Waals surface area contributed by atoms with Crippen LogP contribution in [0.15, 0.2) is 47.8 Å². The van der Waals surface area contributed by atoms with Crippen molar-refractivity contribution in [1.82, 2.24) is 20.0 Å². The highest BCUT2D eigenvalue weighted by Gasteiger charge is 2.17. The Morgan fingerprint density at radius 1 is 1.12 bits per heavy atom. The molecule has 0 saturated heterocycles. The summed E-state index contributed by atoms with van der Waals surface area (Å²) in [6.45, 7) is 4.13. The van der Waals surface area contributed by atoms with Crippen LogP contribution in [0, 0.1) is 19.7 Å². The summed E-state index contributed by atoms with van der Waals surface area (Å²) in [5.74, 6) is -0.0255. The molecule has 2 heterocycles. The van der Waals surface area contributed by atoms with Crippen LogP contribution in [0.25, 0.3) is 27.6 Å². The minimum Gasteiger partial charge on any atom is -0.382 e. The maximum atomic E-state index is 13.5. The summed E-state index contributed by atoms with van der Waals surface area (Å²) >= 11 is 1.46. The average Bonchev–Trinajstić information content (AvgIpc) is 3.21. The molecule has 2 aromatic carbocycles. The van der Waals surface area contributed by atoms with Crippen LogP contribution in [0.1, 0.15) is 11.1 Å². The van der Waals surface area contributed by atoms with Crippen LogP contribution < -0.4 is 5.73 Å². The van der Waals surface area contributed by atoms with Crippen LogP contribution in [-0.4, -0.2) is 20.0 Å². The van der Waals surface area contributed by atoms with Crippen molar-refractivity contribution in [1.29, 1.82) is 0 Å². The number of aryl methyl sites for hydroxylation is 2. The van der Waals surface area contributed by atoms with Crippen LogP contribution >= 0.6 is 11.3 Å². The van der Waals surface area contributed by atoms with E-state index in [4.69, 9.17) is 5.73 Å². The summed E-state index contributed by atoms with van der Waals surface area (Å²) in [5, 5.41) is 10.9. The van der Waals surface area contributed by atoms with Crippen LogP contribution in [0.3, 0.4) is 0 Å². The Morgan fingerprint density at radius 3 is 2.73 bits per heavy atom. The van der Waals surface area contributed by atoms with Gasteiger partial charge >= 0.3 is 0 Å². The average molecular weight is 365 g/mol. The van der Waals surface area contributed by atoms with E-state index in [9.17, 15) is 4.39 Å². The van der Waals surface area contributed by atoms with E-state index in [1.165, 1.54) is 39.3 Å². The number of rotatable bonds is 3. The van der Waals surface area contributed by atoms with Gasteiger partial charge in [-0.1, -0.05) is 35.0 Å². The molecule has 26 heavy (non-hydrogen) atoms. The van der Waals surface area contributed by atoms with Crippen LogP contribution in [-0.2, 0) is 0 Å². The fraction of sp³-hybridized carbons (Fsp3) is 0.105. The Labute approximate surface area is 153 Å². The molecule has 0 aliphatic rings. The Hall–Kier alpha value is -3.06. The van der Waals surface area contributed by atoms with E-state index in [1.807, 2.05) is 5.38 Å². The van der Waals surface area contributed by atoms with Gasteiger partial charge in [-0.15, -0.1) is 16.4 Å². The van der Waals surface area contributed by atoms with Crippen molar-refractivity contribution in [2.75, 3.05) is 5.73 Å². The van der Waals surface area contributed by atoms with Crippen molar-refractivity contribution in [3.63, 3.8) is 0 Å². The van der Waals surface area contributed by atoms with Gasteiger partial charge in [0.1, 0.15) is 10.8 Å². The summed E-state index contributed by atoms with van der Waals surface area (Å²) in [5.41, 5.74) is 11.5. The number of benzene rings is 2. The number of nitrogens with two attached hydrogens (primary N) is 1. The zero-order valence-electron chi connectivity index (χ0n) is 14.3. The second kappa shape index (κ2) is 6.34. The van der Waals surface area contributed by atoms with Gasteiger partial charge in [0.25, 0.3) is 0 Å². The molecular weight excluding hydrogens is 349 g/mol. The van der Waals surface area contributed by atoms with E-state index in [-0.39, 0.29) is 5.82 Å². The molecule has 5 nitrogen and oxygen atoms in total. The molecule has 0 amide bonds. The molecule has 7 heteroatoms. The third-order valence-electron chi connectivity index (χ3n) is 4.12. The Bertz CT molecular complexity index is 1100. The van der Waals surface area contributed by atoms with Gasteiger partial charge < -0.3 is 5.73 Å². The van der Waals surface area contributed by atoms with Crippen molar-refractivity contribution < 1.29 is 4.39 Å². The normalized spacial score (nSPS) is 11.0. The number of nitrogen functional groups attached to an aromatic ring is 1. The molecule has 0 bridgehead atoms. The van der Waals surface area contributed by atoms with Gasteiger partial charge in [-0.25, -0.2) is 9.37 Å². The maximum Gasteiger partial charge on any atom is 0.165 e. The van der Waals surface area contributed by atoms with Gasteiger partial charge in [-0.2, -0.15) is 4.68 Å². The largest absolute Gasteiger partial charge is 0.382 e. The summed E-state index contributed by atoms with van der Waals surface area (Å²) in [4.78, 5) is 4.68. The lowest BCUT2D eigenvalue weighted by Crippen LogP contribution is -2.02. The lowest BCUT2D eigenvalue weighted by molar-refractivity contribution is 0.625. The fourth-order valence-corrected chi connectivity index (χ4v) is 3.66. The number of halogens is 1. The molecule has 0 aliphatic carbocycles. The van der Waals surface area contributed by atoms with E-state index in [2.05, 4.69) is 47.3 Å². The van der Waals surface area contributed by atoms with Crippen molar-refractivity contribution >= 4 is 17.2 Å². The molecule has 130 valence electrons. The predicted octanol–water partition coefficient (Wildman–Crippen LogP) is 4.40. The highest BCUT2D eigenvalue weighted by molar-refractivity contribution is 7.13. The summed E-state index contributed by atoms with van der Waals surface area (Å²) in [6.07, 6.45) is 0. The van der Waals surface area contributed by atoms with Gasteiger partial charge in [0, 0.05) is 10.9 Å². The second-order valence-electron chi connectivity index (χ2n) is 6.07. The van der Waals surface area contributed by atoms with Crippen molar-refractivity contribution in [3.05, 3.63) is 64.8 Å². The Kier molecular flexibility index (Phi) is 4.00. The second-order valence-corrected chi connectivity index (χ2v) is 6.93. The maximum absolute atomic E-state index is 13.5. The zero-order valence-corrected chi connectivity index (χ0v) is 15.1. The molecule has 0 saturated carbocycles. The van der Waals surface area contributed by atoms with Gasteiger partial charge in [-0.3, -0.25) is 0 Å². The number of nitrogens with zero attached hydrogens (tertiary/aromatic N) is 4. The quantitative estimate of drug-likeness (QED) is 0.584. The zero-order chi connectivity index (χ0) is 18.3. The molecule has 0 unspecified atom stereocenters. The number of aromatic nitrogens is 4. The minimum absolute atomic E-state index is 0.331. The first kappa shape index (κ1) is 16.4. The highest BCUT2D eigenvalue weighted by Crippen LogP contribution is 2.32. The van der Waals surface area contributed by atoms with E-state index in [0.717, 1.165) is 11.3 Å². The monoisotopic (exact) mass is 365 g/mol. The predicted molar refractivity (Wildman–Crippen MR) is 102 cm³/mol. The standard InChI is InChI=1S/C19H16FN5S/c1-11-6-7-15(12(2)8-11)16-10-26-19(22-16)17-18(21)25(24-23-17)14-5-3-4-13(20)9-14/h3-10H,21H2,1-2H3. The Morgan fingerprint density at radius 2 is 1.96 bits per heavy atom.